The Labute approximate surface area is 163 Å². The SMILES string of the molecule is c1ccc(-c2nc3ccccc3[nH]2)c(Nc2nc3cc4c(cc3s2)OCO4)c1. The third kappa shape index (κ3) is 2.48. The minimum Gasteiger partial charge on any atom is -0.454 e. The van der Waals surface area contributed by atoms with Crippen LogP contribution in [0.4, 0.5) is 10.8 Å². The summed E-state index contributed by atoms with van der Waals surface area (Å²) in [4.78, 5) is 12.8. The largest absolute Gasteiger partial charge is 0.454 e. The van der Waals surface area contributed by atoms with Gasteiger partial charge in [-0.3, -0.25) is 0 Å². The van der Waals surface area contributed by atoms with Crippen LogP contribution in [0.3, 0.4) is 0 Å². The van der Waals surface area contributed by atoms with Crippen LogP contribution in [-0.2, 0) is 0 Å². The molecule has 5 aromatic rings. The molecule has 2 aromatic heterocycles. The van der Waals surface area contributed by atoms with Crippen LogP contribution in [0.2, 0.25) is 0 Å². The molecule has 6 rings (SSSR count). The lowest BCUT2D eigenvalue weighted by atomic mass is 10.1. The molecule has 28 heavy (non-hydrogen) atoms. The highest BCUT2D eigenvalue weighted by Gasteiger charge is 2.17. The first kappa shape index (κ1) is 15.5. The molecule has 6 nitrogen and oxygen atoms in total. The number of imidazole rings is 1. The fraction of sp³-hybridized carbons (Fsp3) is 0.0476. The number of ether oxygens (including phenoxy) is 2. The van der Waals surface area contributed by atoms with Crippen molar-refractivity contribution < 1.29 is 9.47 Å². The summed E-state index contributed by atoms with van der Waals surface area (Å²) in [7, 11) is 0. The van der Waals surface area contributed by atoms with Gasteiger partial charge in [-0.2, -0.15) is 0 Å². The summed E-state index contributed by atoms with van der Waals surface area (Å²) in [5, 5.41) is 4.25. The van der Waals surface area contributed by atoms with Gasteiger partial charge in [0.1, 0.15) is 5.82 Å². The third-order valence-electron chi connectivity index (χ3n) is 4.70. The molecule has 136 valence electrons. The van der Waals surface area contributed by atoms with Gasteiger partial charge in [0.15, 0.2) is 16.6 Å². The number of H-pyrrole nitrogens is 1. The number of nitrogens with zero attached hydrogens (tertiary/aromatic N) is 2. The van der Waals surface area contributed by atoms with E-state index >= 15 is 0 Å². The predicted molar refractivity (Wildman–Crippen MR) is 111 cm³/mol. The fourth-order valence-electron chi connectivity index (χ4n) is 3.37. The van der Waals surface area contributed by atoms with Crippen molar-refractivity contribution in [3.63, 3.8) is 0 Å². The fourth-order valence-corrected chi connectivity index (χ4v) is 4.25. The average Bonchev–Trinajstić information content (AvgIpc) is 3.43. The molecule has 1 aliphatic rings. The zero-order valence-electron chi connectivity index (χ0n) is 14.6. The van der Waals surface area contributed by atoms with Gasteiger partial charge in [0.2, 0.25) is 6.79 Å². The van der Waals surface area contributed by atoms with E-state index in [0.29, 0.717) is 0 Å². The smallest absolute Gasteiger partial charge is 0.231 e. The van der Waals surface area contributed by atoms with Crippen molar-refractivity contribution in [2.75, 3.05) is 12.1 Å². The van der Waals surface area contributed by atoms with Gasteiger partial charge in [-0.05, 0) is 24.3 Å². The number of benzene rings is 3. The Kier molecular flexibility index (Phi) is 3.30. The Morgan fingerprint density at radius 3 is 2.64 bits per heavy atom. The van der Waals surface area contributed by atoms with Crippen LogP contribution in [0, 0.1) is 0 Å². The molecule has 0 atom stereocenters. The minimum atomic E-state index is 0.266. The summed E-state index contributed by atoms with van der Waals surface area (Å²) >= 11 is 1.58. The van der Waals surface area contributed by atoms with Crippen molar-refractivity contribution in [3.8, 4) is 22.9 Å². The first-order chi connectivity index (χ1) is 13.8. The molecule has 0 amide bonds. The Morgan fingerprint density at radius 2 is 1.71 bits per heavy atom. The summed E-state index contributed by atoms with van der Waals surface area (Å²) in [5.74, 6) is 2.34. The zero-order valence-corrected chi connectivity index (χ0v) is 15.4. The molecule has 0 radical (unpaired) electrons. The molecule has 0 saturated heterocycles. The molecular formula is C21H14N4O2S. The molecule has 7 heteroatoms. The topological polar surface area (TPSA) is 72.1 Å². The van der Waals surface area contributed by atoms with E-state index in [4.69, 9.17) is 19.4 Å². The van der Waals surface area contributed by atoms with Gasteiger partial charge in [-0.15, -0.1) is 0 Å². The number of hydrogen-bond acceptors (Lipinski definition) is 6. The molecule has 3 heterocycles. The Bertz CT molecular complexity index is 1270. The number of aromatic amines is 1. The van der Waals surface area contributed by atoms with Crippen LogP contribution >= 0.6 is 11.3 Å². The van der Waals surface area contributed by atoms with E-state index in [9.17, 15) is 0 Å². The number of para-hydroxylation sites is 3. The van der Waals surface area contributed by atoms with Crippen molar-refractivity contribution >= 4 is 43.4 Å². The van der Waals surface area contributed by atoms with Gasteiger partial charge >= 0.3 is 0 Å². The van der Waals surface area contributed by atoms with Gasteiger partial charge in [0.05, 0.1) is 26.9 Å². The Balaban J connectivity index is 1.40. The van der Waals surface area contributed by atoms with E-state index in [2.05, 4.69) is 10.3 Å². The van der Waals surface area contributed by atoms with Gasteiger partial charge < -0.3 is 19.8 Å². The second kappa shape index (κ2) is 5.97. The van der Waals surface area contributed by atoms with Crippen molar-refractivity contribution in [3.05, 3.63) is 60.7 Å². The maximum atomic E-state index is 5.46. The van der Waals surface area contributed by atoms with Gasteiger partial charge in [-0.25, -0.2) is 9.97 Å². The Hall–Kier alpha value is -3.58. The highest BCUT2D eigenvalue weighted by Crippen LogP contribution is 2.40. The summed E-state index contributed by atoms with van der Waals surface area (Å²) in [6.45, 7) is 0.266. The van der Waals surface area contributed by atoms with Gasteiger partial charge in [0.25, 0.3) is 0 Å². The van der Waals surface area contributed by atoms with E-state index in [1.165, 1.54) is 0 Å². The van der Waals surface area contributed by atoms with Crippen molar-refractivity contribution in [2.24, 2.45) is 0 Å². The number of aromatic nitrogens is 3. The molecule has 0 saturated carbocycles. The number of rotatable bonds is 3. The highest BCUT2D eigenvalue weighted by molar-refractivity contribution is 7.22. The average molecular weight is 386 g/mol. The number of thiazole rings is 1. The molecule has 1 aliphatic heterocycles. The van der Waals surface area contributed by atoms with Crippen molar-refractivity contribution in [2.45, 2.75) is 0 Å². The third-order valence-corrected chi connectivity index (χ3v) is 5.63. The van der Waals surface area contributed by atoms with E-state index < -0.39 is 0 Å². The maximum Gasteiger partial charge on any atom is 0.231 e. The Morgan fingerprint density at radius 1 is 0.893 bits per heavy atom. The van der Waals surface area contributed by atoms with E-state index in [0.717, 1.165) is 55.0 Å². The molecule has 3 aromatic carbocycles. The lowest BCUT2D eigenvalue weighted by Crippen LogP contribution is -1.93. The van der Waals surface area contributed by atoms with Gasteiger partial charge in [-0.1, -0.05) is 35.6 Å². The highest BCUT2D eigenvalue weighted by atomic mass is 32.1. The molecule has 0 spiro atoms. The van der Waals surface area contributed by atoms with E-state index in [1.807, 2.05) is 60.7 Å². The molecule has 2 N–H and O–H groups in total. The van der Waals surface area contributed by atoms with Crippen LogP contribution in [0.1, 0.15) is 0 Å². The molecule has 0 fully saturated rings. The normalized spacial score (nSPS) is 12.7. The van der Waals surface area contributed by atoms with Gasteiger partial charge in [0, 0.05) is 17.7 Å². The quantitative estimate of drug-likeness (QED) is 0.439. The van der Waals surface area contributed by atoms with Crippen LogP contribution in [0.15, 0.2) is 60.7 Å². The second-order valence-electron chi connectivity index (χ2n) is 6.47. The number of fused-ring (bicyclic) bond motifs is 3. The first-order valence-electron chi connectivity index (χ1n) is 8.85. The molecular weight excluding hydrogens is 372 g/mol. The number of nitrogens with one attached hydrogen (secondary N) is 2. The van der Waals surface area contributed by atoms with Crippen LogP contribution < -0.4 is 14.8 Å². The van der Waals surface area contributed by atoms with E-state index in [-0.39, 0.29) is 6.79 Å². The lowest BCUT2D eigenvalue weighted by Gasteiger charge is -2.07. The van der Waals surface area contributed by atoms with Crippen LogP contribution in [0.25, 0.3) is 32.6 Å². The standard InChI is InChI=1S/C21H14N4O2S/c1-2-6-13(12(5-1)20-22-14-7-3-4-8-15(14)23-20)24-21-25-16-9-17-18(27-11-26-17)10-19(16)28-21/h1-10H,11H2,(H,22,23)(H,24,25). The van der Waals surface area contributed by atoms with Crippen LogP contribution in [0.5, 0.6) is 11.5 Å². The number of hydrogen-bond donors (Lipinski definition) is 2. The number of anilines is 2. The summed E-state index contributed by atoms with van der Waals surface area (Å²) < 4.78 is 12.0. The zero-order chi connectivity index (χ0) is 18.5. The second-order valence-corrected chi connectivity index (χ2v) is 7.50. The van der Waals surface area contributed by atoms with E-state index in [1.54, 1.807) is 11.3 Å². The van der Waals surface area contributed by atoms with Crippen molar-refractivity contribution in [1.29, 1.82) is 0 Å². The monoisotopic (exact) mass is 386 g/mol. The van der Waals surface area contributed by atoms with Crippen molar-refractivity contribution in [1.82, 2.24) is 15.0 Å². The molecule has 0 aliphatic carbocycles. The minimum absolute atomic E-state index is 0.266. The summed E-state index contributed by atoms with van der Waals surface area (Å²) in [5.41, 5.74) is 4.79. The predicted octanol–water partition coefficient (Wildman–Crippen LogP) is 5.31. The van der Waals surface area contributed by atoms with Crippen LogP contribution in [-0.4, -0.2) is 21.7 Å². The molecule has 0 unspecified atom stereocenters. The summed E-state index contributed by atoms with van der Waals surface area (Å²) in [6.07, 6.45) is 0. The maximum absolute atomic E-state index is 5.46. The molecule has 0 bridgehead atoms. The lowest BCUT2D eigenvalue weighted by molar-refractivity contribution is 0.174. The summed E-state index contributed by atoms with van der Waals surface area (Å²) in [6, 6.07) is 20.0. The first-order valence-corrected chi connectivity index (χ1v) is 9.66.